The molecule has 0 radical (unpaired) electrons. The summed E-state index contributed by atoms with van der Waals surface area (Å²) in [5.74, 6) is -1.92. The number of hydrogen-bond acceptors (Lipinski definition) is 3. The van der Waals surface area contributed by atoms with Gasteiger partial charge in [-0.25, -0.2) is 18.6 Å². The van der Waals surface area contributed by atoms with Crippen LogP contribution in [0.25, 0.3) is 0 Å². The largest absolute Gasteiger partial charge is 0.439 e. The van der Waals surface area contributed by atoms with Crippen LogP contribution in [-0.2, 0) is 11.3 Å². The molecule has 2 atom stereocenters. The van der Waals surface area contributed by atoms with Gasteiger partial charge in [0.2, 0.25) is 0 Å². The third-order valence-electron chi connectivity index (χ3n) is 3.87. The molecule has 1 aliphatic heterocycles. The van der Waals surface area contributed by atoms with Crippen LogP contribution in [0.3, 0.4) is 0 Å². The van der Waals surface area contributed by atoms with Crippen LogP contribution < -0.4 is 0 Å². The van der Waals surface area contributed by atoms with Gasteiger partial charge in [-0.3, -0.25) is 4.90 Å². The van der Waals surface area contributed by atoms with Crippen LogP contribution in [0.5, 0.6) is 0 Å². The van der Waals surface area contributed by atoms with E-state index in [0.717, 1.165) is 12.1 Å². The molecule has 0 bridgehead atoms. The Hall–Kier alpha value is -1.73. The fourth-order valence-corrected chi connectivity index (χ4v) is 3.09. The van der Waals surface area contributed by atoms with Gasteiger partial charge < -0.3 is 4.74 Å². The minimum absolute atomic E-state index is 0.182. The highest BCUT2D eigenvalue weighted by Crippen LogP contribution is 2.34. The van der Waals surface area contributed by atoms with E-state index >= 15 is 0 Å². The molecule has 1 amide bonds. The number of pyridine rings is 1. The molecule has 0 aliphatic carbocycles. The fraction of sp³-hybridized carbons (Fsp3) is 0.250. The van der Waals surface area contributed by atoms with Crippen LogP contribution in [0.15, 0.2) is 34.8 Å². The first kappa shape index (κ1) is 17.1. The molecule has 0 unspecified atom stereocenters. The number of amides is 1. The summed E-state index contributed by atoms with van der Waals surface area (Å²) in [4.78, 5) is 17.8. The topological polar surface area (TPSA) is 42.4 Å². The molecule has 4 nitrogen and oxygen atoms in total. The smallest absolute Gasteiger partial charge is 0.411 e. The maximum Gasteiger partial charge on any atom is 0.411 e. The molecule has 126 valence electrons. The van der Waals surface area contributed by atoms with E-state index in [-0.39, 0.29) is 12.6 Å². The summed E-state index contributed by atoms with van der Waals surface area (Å²) < 4.78 is 32.6. The van der Waals surface area contributed by atoms with Crippen LogP contribution >= 0.6 is 27.5 Å². The van der Waals surface area contributed by atoms with Crippen molar-refractivity contribution in [1.29, 1.82) is 0 Å². The van der Waals surface area contributed by atoms with Crippen molar-refractivity contribution < 1.29 is 18.3 Å². The Morgan fingerprint density at radius 2 is 2.04 bits per heavy atom. The van der Waals surface area contributed by atoms with Gasteiger partial charge in [0.15, 0.2) is 11.6 Å². The van der Waals surface area contributed by atoms with E-state index in [1.54, 1.807) is 19.1 Å². The number of carbonyl (C=O) groups excluding carboxylic acids is 1. The van der Waals surface area contributed by atoms with Gasteiger partial charge in [-0.15, -0.1) is 0 Å². The van der Waals surface area contributed by atoms with E-state index in [2.05, 4.69) is 20.9 Å². The minimum Gasteiger partial charge on any atom is -0.439 e. The minimum atomic E-state index is -0.978. The Kier molecular flexibility index (Phi) is 4.73. The molecule has 0 spiro atoms. The van der Waals surface area contributed by atoms with Crippen molar-refractivity contribution in [3.05, 3.63) is 62.8 Å². The molecule has 8 heteroatoms. The van der Waals surface area contributed by atoms with Crippen LogP contribution in [0, 0.1) is 11.6 Å². The molecule has 2 heterocycles. The first-order valence-electron chi connectivity index (χ1n) is 7.10. The van der Waals surface area contributed by atoms with Gasteiger partial charge in [0.1, 0.15) is 11.3 Å². The van der Waals surface area contributed by atoms with E-state index in [4.69, 9.17) is 16.3 Å². The van der Waals surface area contributed by atoms with Gasteiger partial charge in [0, 0.05) is 4.47 Å². The molecule has 1 aliphatic rings. The number of aromatic nitrogens is 1. The summed E-state index contributed by atoms with van der Waals surface area (Å²) in [6.45, 7) is 1.95. The third kappa shape index (κ3) is 3.23. The van der Waals surface area contributed by atoms with Crippen molar-refractivity contribution in [2.24, 2.45) is 0 Å². The highest BCUT2D eigenvalue weighted by atomic mass is 79.9. The normalized spacial score (nSPS) is 20.4. The first-order chi connectivity index (χ1) is 11.4. The fourth-order valence-electron chi connectivity index (χ4n) is 2.58. The van der Waals surface area contributed by atoms with Crippen LogP contribution in [0.1, 0.15) is 24.3 Å². The Morgan fingerprint density at radius 1 is 1.29 bits per heavy atom. The van der Waals surface area contributed by atoms with Crippen molar-refractivity contribution >= 4 is 33.6 Å². The molecule has 2 aromatic rings. The second kappa shape index (κ2) is 6.64. The third-order valence-corrected chi connectivity index (χ3v) is 4.80. The van der Waals surface area contributed by atoms with Crippen LogP contribution in [0.2, 0.25) is 5.15 Å². The molecule has 1 saturated heterocycles. The number of hydrogen-bond donors (Lipinski definition) is 0. The maximum absolute atomic E-state index is 13.4. The van der Waals surface area contributed by atoms with Crippen molar-refractivity contribution in [2.45, 2.75) is 25.6 Å². The number of carbonyl (C=O) groups is 1. The molecular weight excluding hydrogens is 406 g/mol. The zero-order chi connectivity index (χ0) is 17.4. The zero-order valence-corrected chi connectivity index (χ0v) is 14.8. The van der Waals surface area contributed by atoms with E-state index in [1.165, 1.54) is 11.0 Å². The Labute approximate surface area is 150 Å². The number of benzene rings is 1. The quantitative estimate of drug-likeness (QED) is 0.670. The van der Waals surface area contributed by atoms with Gasteiger partial charge in [-0.05, 0) is 52.7 Å². The lowest BCUT2D eigenvalue weighted by Crippen LogP contribution is -2.32. The van der Waals surface area contributed by atoms with E-state index in [9.17, 15) is 13.6 Å². The Bertz CT molecular complexity index is 806. The highest BCUT2D eigenvalue weighted by Gasteiger charge is 2.40. The average Bonchev–Trinajstić information content (AvgIpc) is 2.81. The van der Waals surface area contributed by atoms with Crippen molar-refractivity contribution in [1.82, 2.24) is 9.88 Å². The molecule has 1 aromatic heterocycles. The van der Waals surface area contributed by atoms with Crippen molar-refractivity contribution in [3.63, 3.8) is 0 Å². The summed E-state index contributed by atoms with van der Waals surface area (Å²) in [6, 6.07) is 6.46. The van der Waals surface area contributed by atoms with E-state index < -0.39 is 23.8 Å². The van der Waals surface area contributed by atoms with Gasteiger partial charge >= 0.3 is 6.09 Å². The SMILES string of the molecule is C[C@H]1[C@@H](c2ccc(F)c(F)c2)OC(=O)N1Cc1nc(Cl)ccc1Br. The second-order valence-corrected chi connectivity index (χ2v) is 6.65. The summed E-state index contributed by atoms with van der Waals surface area (Å²) in [7, 11) is 0. The first-order valence-corrected chi connectivity index (χ1v) is 8.27. The van der Waals surface area contributed by atoms with Gasteiger partial charge in [-0.1, -0.05) is 17.7 Å². The monoisotopic (exact) mass is 416 g/mol. The lowest BCUT2D eigenvalue weighted by atomic mass is 10.0. The number of cyclic esters (lactones) is 1. The summed E-state index contributed by atoms with van der Waals surface area (Å²) >= 11 is 9.25. The van der Waals surface area contributed by atoms with Gasteiger partial charge in [0.05, 0.1) is 18.3 Å². The summed E-state index contributed by atoms with van der Waals surface area (Å²) in [6.07, 6.45) is -1.24. The molecule has 1 aromatic carbocycles. The van der Waals surface area contributed by atoms with Crippen molar-refractivity contribution in [2.75, 3.05) is 0 Å². The zero-order valence-electron chi connectivity index (χ0n) is 12.5. The number of halogens is 4. The van der Waals surface area contributed by atoms with Gasteiger partial charge in [-0.2, -0.15) is 0 Å². The average molecular weight is 418 g/mol. The summed E-state index contributed by atoms with van der Waals surface area (Å²) in [5.41, 5.74) is 0.979. The predicted octanol–water partition coefficient (Wildman–Crippen LogP) is 4.86. The molecule has 1 fully saturated rings. The predicted molar refractivity (Wildman–Crippen MR) is 87.5 cm³/mol. The van der Waals surface area contributed by atoms with E-state index in [0.29, 0.717) is 20.9 Å². The number of rotatable bonds is 3. The molecule has 24 heavy (non-hydrogen) atoms. The van der Waals surface area contributed by atoms with Crippen LogP contribution in [0.4, 0.5) is 13.6 Å². The Morgan fingerprint density at radius 3 is 2.75 bits per heavy atom. The van der Waals surface area contributed by atoms with Gasteiger partial charge in [0.25, 0.3) is 0 Å². The lowest BCUT2D eigenvalue weighted by molar-refractivity contribution is 0.130. The van der Waals surface area contributed by atoms with Crippen molar-refractivity contribution in [3.8, 4) is 0 Å². The molecule has 0 N–H and O–H groups in total. The molecular formula is C16H12BrClF2N2O2. The highest BCUT2D eigenvalue weighted by molar-refractivity contribution is 9.10. The lowest BCUT2D eigenvalue weighted by Gasteiger charge is -2.21. The maximum atomic E-state index is 13.4. The summed E-state index contributed by atoms with van der Waals surface area (Å²) in [5, 5.41) is 0.311. The number of nitrogens with zero attached hydrogens (tertiary/aromatic N) is 2. The second-order valence-electron chi connectivity index (χ2n) is 5.41. The Balaban J connectivity index is 1.84. The van der Waals surface area contributed by atoms with Crippen LogP contribution in [-0.4, -0.2) is 22.0 Å². The standard InChI is InChI=1S/C16H12BrClF2N2O2/c1-8-15(9-2-4-11(19)12(20)6-9)24-16(23)22(8)7-13-10(17)3-5-14(18)21-13/h2-6,8,15H,7H2,1H3/t8-,15-/m0/s1. The molecule has 3 rings (SSSR count). The number of ether oxygens (including phenoxy) is 1. The molecule has 0 saturated carbocycles. The van der Waals surface area contributed by atoms with E-state index in [1.807, 2.05) is 0 Å².